The molecular weight excluding hydrogens is 437 g/mol. The molecule has 0 unspecified atom stereocenters. The van der Waals surface area contributed by atoms with Crippen molar-refractivity contribution < 1.29 is 22.8 Å². The van der Waals surface area contributed by atoms with E-state index in [2.05, 4.69) is 10.6 Å². The molecule has 0 spiro atoms. The Hall–Kier alpha value is -4.33. The van der Waals surface area contributed by atoms with Crippen molar-refractivity contribution in [1.29, 1.82) is 0 Å². The molecule has 0 aliphatic heterocycles. The van der Waals surface area contributed by atoms with E-state index < -0.39 is 0 Å². The first kappa shape index (κ1) is 22.8. The third-order valence-corrected chi connectivity index (χ3v) is 5.05. The highest BCUT2D eigenvalue weighted by Crippen LogP contribution is 2.16. The number of hydrogen-bond donors (Lipinski definition) is 2. The van der Waals surface area contributed by atoms with Crippen molar-refractivity contribution in [3.8, 4) is 0 Å². The van der Waals surface area contributed by atoms with Crippen molar-refractivity contribution in [2.24, 2.45) is 0 Å². The third-order valence-electron chi connectivity index (χ3n) is 5.05. The lowest BCUT2D eigenvalue weighted by atomic mass is 10.2. The Balaban J connectivity index is 1.44. The van der Waals surface area contributed by atoms with Crippen molar-refractivity contribution in [1.82, 2.24) is 10.2 Å². The average Bonchev–Trinajstić information content (AvgIpc) is 3.48. The maximum Gasteiger partial charge on any atom is 0.322 e. The number of carbonyl (C=O) groups is 2. The molecular formula is C26H24FN3O4. The minimum Gasteiger partial charge on any atom is -0.465 e. The Morgan fingerprint density at radius 2 is 1.59 bits per heavy atom. The molecule has 4 aromatic rings. The zero-order chi connectivity index (χ0) is 23.9. The average molecular weight is 461 g/mol. The van der Waals surface area contributed by atoms with Crippen LogP contribution in [0.15, 0.2) is 87.7 Å². The van der Waals surface area contributed by atoms with Crippen LogP contribution in [0.25, 0.3) is 0 Å². The molecule has 3 amide bonds. The van der Waals surface area contributed by atoms with Crippen LogP contribution >= 0.6 is 0 Å². The topological polar surface area (TPSA) is 87.7 Å². The number of amides is 3. The number of aryl methyl sites for hydroxylation is 1. The van der Waals surface area contributed by atoms with Crippen molar-refractivity contribution in [3.05, 3.63) is 113 Å². The van der Waals surface area contributed by atoms with Crippen molar-refractivity contribution in [2.45, 2.75) is 26.6 Å². The highest BCUT2D eigenvalue weighted by molar-refractivity contribution is 5.91. The summed E-state index contributed by atoms with van der Waals surface area (Å²) in [4.78, 5) is 27.0. The summed E-state index contributed by atoms with van der Waals surface area (Å²) in [7, 11) is 0. The van der Waals surface area contributed by atoms with Gasteiger partial charge in [-0.1, -0.05) is 30.3 Å². The van der Waals surface area contributed by atoms with Gasteiger partial charge in [-0.3, -0.25) is 4.79 Å². The fraction of sp³-hybridized carbons (Fsp3) is 0.154. The van der Waals surface area contributed by atoms with Gasteiger partial charge in [0, 0.05) is 12.2 Å². The Labute approximate surface area is 196 Å². The molecule has 34 heavy (non-hydrogen) atoms. The maximum absolute atomic E-state index is 13.2. The third kappa shape index (κ3) is 6.13. The number of nitrogens with one attached hydrogen (secondary N) is 2. The van der Waals surface area contributed by atoms with Crippen LogP contribution in [0.2, 0.25) is 0 Å². The summed E-state index contributed by atoms with van der Waals surface area (Å²) in [5.41, 5.74) is 1.40. The molecule has 4 rings (SSSR count). The largest absolute Gasteiger partial charge is 0.465 e. The van der Waals surface area contributed by atoms with Gasteiger partial charge in [-0.25, -0.2) is 9.18 Å². The highest BCUT2D eigenvalue weighted by atomic mass is 19.1. The lowest BCUT2D eigenvalue weighted by Crippen LogP contribution is -2.34. The van der Waals surface area contributed by atoms with Gasteiger partial charge >= 0.3 is 6.03 Å². The zero-order valence-corrected chi connectivity index (χ0v) is 18.6. The molecule has 2 aromatic heterocycles. The molecule has 0 aliphatic carbocycles. The number of hydrogen-bond acceptors (Lipinski definition) is 4. The van der Waals surface area contributed by atoms with E-state index in [0.29, 0.717) is 23.8 Å². The van der Waals surface area contributed by atoms with E-state index in [-0.39, 0.29) is 36.6 Å². The predicted octanol–water partition coefficient (Wildman–Crippen LogP) is 5.48. The van der Waals surface area contributed by atoms with E-state index in [9.17, 15) is 14.0 Å². The number of benzene rings is 2. The molecule has 7 nitrogen and oxygen atoms in total. The van der Waals surface area contributed by atoms with Gasteiger partial charge in [0.05, 0.1) is 13.1 Å². The first-order chi connectivity index (χ1) is 16.5. The predicted molar refractivity (Wildman–Crippen MR) is 124 cm³/mol. The van der Waals surface area contributed by atoms with Gasteiger partial charge in [-0.2, -0.15) is 0 Å². The minimum atomic E-state index is -0.386. The molecule has 0 aliphatic rings. The standard InChI is InChI=1S/C26H24FN3O4/c1-18-7-12-22(33-18)15-28-25(31)24-14-13-23(34-24)17-30(16-19-5-3-2-4-6-19)26(32)29-21-10-8-20(27)9-11-21/h2-14H,15-17H2,1H3,(H,28,31)(H,29,32). The van der Waals surface area contributed by atoms with Crippen LogP contribution in [0.1, 0.15) is 33.4 Å². The summed E-state index contributed by atoms with van der Waals surface area (Å²) in [6.45, 7) is 2.51. The molecule has 2 N–H and O–H groups in total. The quantitative estimate of drug-likeness (QED) is 0.364. The smallest absolute Gasteiger partial charge is 0.322 e. The van der Waals surface area contributed by atoms with Gasteiger partial charge in [0.25, 0.3) is 5.91 Å². The maximum atomic E-state index is 13.2. The number of anilines is 1. The second kappa shape index (κ2) is 10.5. The van der Waals surface area contributed by atoms with Crippen LogP contribution in [0, 0.1) is 12.7 Å². The van der Waals surface area contributed by atoms with E-state index in [0.717, 1.165) is 11.3 Å². The van der Waals surface area contributed by atoms with Gasteiger partial charge in [-0.05, 0) is 61.0 Å². The Morgan fingerprint density at radius 3 is 2.29 bits per heavy atom. The first-order valence-electron chi connectivity index (χ1n) is 10.7. The van der Waals surface area contributed by atoms with E-state index in [4.69, 9.17) is 8.83 Å². The summed E-state index contributed by atoms with van der Waals surface area (Å²) >= 11 is 0. The van der Waals surface area contributed by atoms with Crippen molar-refractivity contribution in [3.63, 3.8) is 0 Å². The van der Waals surface area contributed by atoms with Gasteiger partial charge in [-0.15, -0.1) is 0 Å². The van der Waals surface area contributed by atoms with Crippen LogP contribution < -0.4 is 10.6 Å². The van der Waals surface area contributed by atoms with Crippen LogP contribution in [-0.4, -0.2) is 16.8 Å². The molecule has 8 heteroatoms. The lowest BCUT2D eigenvalue weighted by molar-refractivity contribution is 0.0917. The lowest BCUT2D eigenvalue weighted by Gasteiger charge is -2.22. The Kier molecular flexibility index (Phi) is 7.07. The van der Waals surface area contributed by atoms with Crippen molar-refractivity contribution in [2.75, 3.05) is 5.32 Å². The Bertz CT molecular complexity index is 1250. The van der Waals surface area contributed by atoms with Gasteiger partial charge in [0.15, 0.2) is 5.76 Å². The molecule has 0 atom stereocenters. The zero-order valence-electron chi connectivity index (χ0n) is 18.6. The summed E-state index contributed by atoms with van der Waals surface area (Å²) in [5, 5.41) is 5.51. The fourth-order valence-corrected chi connectivity index (χ4v) is 3.35. The second-order valence-electron chi connectivity index (χ2n) is 7.74. The van der Waals surface area contributed by atoms with Crippen molar-refractivity contribution >= 4 is 17.6 Å². The number of carbonyl (C=O) groups excluding carboxylic acids is 2. The summed E-state index contributed by atoms with van der Waals surface area (Å²) in [5.74, 6) is 1.22. The summed E-state index contributed by atoms with van der Waals surface area (Å²) < 4.78 is 24.4. The van der Waals surface area contributed by atoms with E-state index in [1.54, 1.807) is 23.1 Å². The summed E-state index contributed by atoms with van der Waals surface area (Å²) in [6, 6.07) is 21.5. The van der Waals surface area contributed by atoms with E-state index in [1.807, 2.05) is 43.3 Å². The molecule has 2 aromatic carbocycles. The molecule has 2 heterocycles. The molecule has 0 bridgehead atoms. The molecule has 0 fully saturated rings. The molecule has 174 valence electrons. The monoisotopic (exact) mass is 461 g/mol. The molecule has 0 saturated heterocycles. The normalized spacial score (nSPS) is 10.6. The van der Waals surface area contributed by atoms with Crippen LogP contribution in [-0.2, 0) is 19.6 Å². The van der Waals surface area contributed by atoms with Crippen LogP contribution in [0.4, 0.5) is 14.9 Å². The van der Waals surface area contributed by atoms with Crippen LogP contribution in [0.5, 0.6) is 0 Å². The highest BCUT2D eigenvalue weighted by Gasteiger charge is 2.19. The fourth-order valence-electron chi connectivity index (χ4n) is 3.35. The number of rotatable bonds is 8. The Morgan fingerprint density at radius 1 is 0.853 bits per heavy atom. The first-order valence-corrected chi connectivity index (χ1v) is 10.7. The number of halogens is 1. The summed E-state index contributed by atoms with van der Waals surface area (Å²) in [6.07, 6.45) is 0. The molecule has 0 radical (unpaired) electrons. The van der Waals surface area contributed by atoms with E-state index in [1.165, 1.54) is 24.3 Å². The number of furan rings is 2. The number of urea groups is 1. The number of nitrogens with zero attached hydrogens (tertiary/aromatic N) is 1. The molecule has 0 saturated carbocycles. The minimum absolute atomic E-state index is 0.132. The SMILES string of the molecule is Cc1ccc(CNC(=O)c2ccc(CN(Cc3ccccc3)C(=O)Nc3ccc(F)cc3)o2)o1. The van der Waals surface area contributed by atoms with E-state index >= 15 is 0 Å². The second-order valence-corrected chi connectivity index (χ2v) is 7.74. The van der Waals surface area contributed by atoms with Crippen LogP contribution in [0.3, 0.4) is 0 Å². The van der Waals surface area contributed by atoms with Gasteiger partial charge in [0.1, 0.15) is 23.1 Å². The van der Waals surface area contributed by atoms with Gasteiger partial charge in [0.2, 0.25) is 0 Å². The van der Waals surface area contributed by atoms with Gasteiger partial charge < -0.3 is 24.4 Å².